The Labute approximate surface area is 34.8 Å². The van der Waals surface area contributed by atoms with Crippen LogP contribution in [0.1, 0.15) is 0 Å². The van der Waals surface area contributed by atoms with E-state index in [1.54, 1.807) is 0 Å². The zero-order valence-electron chi connectivity index (χ0n) is 2.93. The summed E-state index contributed by atoms with van der Waals surface area (Å²) in [6.07, 6.45) is 1.86. The molecule has 0 N–H and O–H groups in total. The molecule has 0 heterocycles. The lowest BCUT2D eigenvalue weighted by atomic mass is 10.7. The van der Waals surface area contributed by atoms with Crippen LogP contribution in [-0.2, 0) is 14.9 Å². The van der Waals surface area contributed by atoms with Gasteiger partial charge in [-0.25, -0.2) is 4.79 Å². The van der Waals surface area contributed by atoms with Crippen LogP contribution in [0.5, 0.6) is 0 Å². The van der Waals surface area contributed by atoms with E-state index in [1.165, 1.54) is 5.94 Å². The van der Waals surface area contributed by atoms with Crippen molar-refractivity contribution in [2.24, 2.45) is 0 Å². The molecule has 0 saturated heterocycles. The summed E-state index contributed by atoms with van der Waals surface area (Å²) in [4.78, 5) is 12.3. The van der Waals surface area contributed by atoms with Crippen LogP contribution in [-0.4, -0.2) is 12.5 Å². The van der Waals surface area contributed by atoms with E-state index in [-0.39, 0.29) is 6.61 Å². The molecule has 32 valence electrons. The minimum absolute atomic E-state index is 0.316. The molecule has 0 amide bonds. The molecule has 0 aliphatic carbocycles. The van der Waals surface area contributed by atoms with E-state index in [0.29, 0.717) is 0 Å². The Hall–Kier alpha value is -0.630. The zero-order chi connectivity index (χ0) is 4.83. The summed E-state index contributed by atoms with van der Waals surface area (Å²) >= 11 is 0. The van der Waals surface area contributed by atoms with Crippen molar-refractivity contribution >= 4 is 5.94 Å². The first-order chi connectivity index (χ1) is 2.91. The van der Waals surface area contributed by atoms with Crippen LogP contribution in [0.15, 0.2) is 0 Å². The normalized spacial score (nSPS) is 6.83. The lowest BCUT2D eigenvalue weighted by Gasteiger charge is -1.69. The highest BCUT2D eigenvalue weighted by molar-refractivity contribution is 5.40. The third-order valence-corrected chi connectivity index (χ3v) is 0.203. The van der Waals surface area contributed by atoms with Crippen LogP contribution >= 0.6 is 0 Å². The van der Waals surface area contributed by atoms with Crippen molar-refractivity contribution in [1.82, 2.24) is 0 Å². The Kier molecular flexibility index (Phi) is 3.91. The lowest BCUT2D eigenvalue weighted by Crippen LogP contribution is -1.79. The van der Waals surface area contributed by atoms with Crippen molar-refractivity contribution in [2.75, 3.05) is 6.61 Å². The van der Waals surface area contributed by atoms with Crippen molar-refractivity contribution in [3.8, 4) is 0 Å². The van der Waals surface area contributed by atoms with Crippen LogP contribution < -0.4 is 0 Å². The van der Waals surface area contributed by atoms with E-state index < -0.39 is 0 Å². The molecule has 6 heavy (non-hydrogen) atoms. The number of hydrogen-bond acceptors (Lipinski definition) is 2. The smallest absolute Gasteiger partial charge is 0.131 e. The average Bonchev–Trinajstić information content (AvgIpc) is 1.61. The molecule has 3 heteroatoms. The second-order valence-corrected chi connectivity index (χ2v) is 0.541. The fraction of sp³-hybridized carbons (Fsp3) is 0.333. The van der Waals surface area contributed by atoms with Crippen LogP contribution in [0.4, 0.5) is 0 Å². The Bertz CT molecular complexity index is 62.4. The van der Waals surface area contributed by atoms with Crippen LogP contribution in [0.3, 0.4) is 0 Å². The van der Waals surface area contributed by atoms with Crippen molar-refractivity contribution in [3.05, 3.63) is 6.08 Å². The fourth-order valence-electron chi connectivity index (χ4n) is 0.0589. The first-order valence-electron chi connectivity index (χ1n) is 1.26. The number of carbonyl (C=O) groups excluding carboxylic acids is 1. The van der Waals surface area contributed by atoms with Crippen molar-refractivity contribution in [3.63, 3.8) is 0 Å². The third-order valence-electron chi connectivity index (χ3n) is 0.203. The first kappa shape index (κ1) is 5.37. The molecule has 0 aliphatic rings. The van der Waals surface area contributed by atoms with Crippen LogP contribution in [0, 0.1) is 6.08 Å². The van der Waals surface area contributed by atoms with Gasteiger partial charge in [0.2, 0.25) is 0 Å². The Morgan fingerprint density at radius 3 is 2.50 bits per heavy atom. The van der Waals surface area contributed by atoms with Crippen LogP contribution in [0.25, 0.3) is 0 Å². The zero-order valence-corrected chi connectivity index (χ0v) is 2.93. The van der Waals surface area contributed by atoms with Gasteiger partial charge in [-0.3, -0.25) is 0 Å². The van der Waals surface area contributed by atoms with Crippen molar-refractivity contribution in [2.45, 2.75) is 0 Å². The Morgan fingerprint density at radius 2 is 2.33 bits per heavy atom. The highest BCUT2D eigenvalue weighted by atomic mass is 17.1. The fourth-order valence-corrected chi connectivity index (χ4v) is 0.0589. The summed E-state index contributed by atoms with van der Waals surface area (Å²) in [6.45, 7) is -0.316. The summed E-state index contributed by atoms with van der Waals surface area (Å²) in [7, 11) is 0. The summed E-state index contributed by atoms with van der Waals surface area (Å²) < 4.78 is 0. The van der Waals surface area contributed by atoms with E-state index in [9.17, 15) is 0 Å². The highest BCUT2D eigenvalue weighted by Crippen LogP contribution is 1.58. The van der Waals surface area contributed by atoms with E-state index in [4.69, 9.17) is 10.1 Å². The number of hydrogen-bond donors (Lipinski definition) is 0. The predicted molar refractivity (Wildman–Crippen MR) is 15.6 cm³/mol. The van der Waals surface area contributed by atoms with Crippen molar-refractivity contribution < 1.29 is 14.9 Å². The predicted octanol–water partition coefficient (Wildman–Crippen LogP) is -0.461. The molecule has 0 aromatic heterocycles. The molecular weight excluding hydrogens is 84.0 g/mol. The second kappa shape index (κ2) is 4.37. The average molecular weight is 86.0 g/mol. The molecule has 3 nitrogen and oxygen atoms in total. The van der Waals surface area contributed by atoms with E-state index in [2.05, 4.69) is 4.89 Å². The third kappa shape index (κ3) is 3.37. The molecule has 0 aliphatic heterocycles. The Morgan fingerprint density at radius 1 is 1.67 bits per heavy atom. The first-order valence-corrected chi connectivity index (χ1v) is 1.26. The molecule has 0 fully saturated rings. The summed E-state index contributed by atoms with van der Waals surface area (Å²) in [5, 5.41) is 8.95. The van der Waals surface area contributed by atoms with E-state index in [1.807, 2.05) is 6.08 Å². The lowest BCUT2D eigenvalue weighted by molar-refractivity contribution is -0.295. The highest BCUT2D eigenvalue weighted by Gasteiger charge is 1.70. The maximum Gasteiger partial charge on any atom is 0.131 e. The van der Waals surface area contributed by atoms with Gasteiger partial charge in [-0.1, -0.05) is 0 Å². The van der Waals surface area contributed by atoms with Gasteiger partial charge >= 0.3 is 0 Å². The van der Waals surface area contributed by atoms with Gasteiger partial charge in [0.1, 0.15) is 12.5 Å². The van der Waals surface area contributed by atoms with Gasteiger partial charge in [0.15, 0.2) is 0 Å². The molecule has 0 aromatic carbocycles. The standard InChI is InChI=1S/C3H2O3/c4-2-1-3-6-5/h3H2. The summed E-state index contributed by atoms with van der Waals surface area (Å²) in [5.41, 5.74) is 0. The molecule has 0 bridgehead atoms. The minimum atomic E-state index is -0.316. The van der Waals surface area contributed by atoms with Gasteiger partial charge in [-0.05, 0) is 5.26 Å². The molecule has 0 aromatic rings. The maximum atomic E-state index is 9.11. The molecule has 0 saturated carbocycles. The van der Waals surface area contributed by atoms with Gasteiger partial charge in [-0.15, -0.1) is 0 Å². The largest absolute Gasteiger partial charge is 0.233 e. The van der Waals surface area contributed by atoms with E-state index in [0.717, 1.165) is 0 Å². The monoisotopic (exact) mass is 86.0 g/mol. The second-order valence-electron chi connectivity index (χ2n) is 0.541. The Balaban J connectivity index is 2.86. The van der Waals surface area contributed by atoms with Gasteiger partial charge in [0.25, 0.3) is 0 Å². The molecule has 2 radical (unpaired) electrons. The van der Waals surface area contributed by atoms with E-state index >= 15 is 0 Å². The number of rotatable bonds is 2. The summed E-state index contributed by atoms with van der Waals surface area (Å²) in [6, 6.07) is 0. The van der Waals surface area contributed by atoms with Crippen LogP contribution in [0.2, 0.25) is 0 Å². The van der Waals surface area contributed by atoms with Gasteiger partial charge < -0.3 is 0 Å². The molecule has 0 atom stereocenters. The molecule has 0 rings (SSSR count). The van der Waals surface area contributed by atoms with Crippen molar-refractivity contribution in [1.29, 1.82) is 0 Å². The van der Waals surface area contributed by atoms with Gasteiger partial charge in [0.05, 0.1) is 6.08 Å². The topological polar surface area (TPSA) is 46.2 Å². The molecule has 0 unspecified atom stereocenters. The van der Waals surface area contributed by atoms with Gasteiger partial charge in [0, 0.05) is 0 Å². The SMILES string of the molecule is [O]OC[C]=C=O. The van der Waals surface area contributed by atoms with Gasteiger partial charge in [-0.2, -0.15) is 4.89 Å². The minimum Gasteiger partial charge on any atom is -0.233 e. The summed E-state index contributed by atoms with van der Waals surface area (Å²) in [5.74, 6) is 1.24. The molecular formula is C3H2O3. The maximum absolute atomic E-state index is 9.11. The molecule has 0 spiro atoms. The quantitative estimate of drug-likeness (QED) is 0.259.